The number of benzene rings is 1. The van der Waals surface area contributed by atoms with Crippen molar-refractivity contribution in [2.75, 3.05) is 0 Å². The molecule has 0 aliphatic heterocycles. The van der Waals surface area contributed by atoms with Crippen molar-refractivity contribution in [1.29, 1.82) is 0 Å². The fourth-order valence-corrected chi connectivity index (χ4v) is 4.62. The van der Waals surface area contributed by atoms with Crippen molar-refractivity contribution >= 4 is 84.7 Å². The zero-order valence-electron chi connectivity index (χ0n) is 8.18. The highest BCUT2D eigenvalue weighted by atomic mass is 127. The van der Waals surface area contributed by atoms with E-state index in [2.05, 4.69) is 38.5 Å². The van der Waals surface area contributed by atoms with E-state index in [0.717, 1.165) is 19.2 Å². The van der Waals surface area contributed by atoms with E-state index in [1.54, 1.807) is 0 Å². The van der Waals surface area contributed by atoms with Gasteiger partial charge in [-0.25, -0.2) is 0 Å². The quantitative estimate of drug-likeness (QED) is 0.328. The Labute approximate surface area is 141 Å². The van der Waals surface area contributed by atoms with E-state index in [0.29, 0.717) is 8.67 Å². The van der Waals surface area contributed by atoms with E-state index >= 15 is 0 Å². The maximum Gasteiger partial charge on any atom is 0.0994 e. The van der Waals surface area contributed by atoms with Crippen LogP contribution in [0.4, 0.5) is 0 Å². The average Bonchev–Trinajstić information content (AvgIpc) is 2.60. The normalized spacial score (nSPS) is 12.8. The van der Waals surface area contributed by atoms with Crippen molar-refractivity contribution in [3.8, 4) is 0 Å². The summed E-state index contributed by atoms with van der Waals surface area (Å²) in [6, 6.07) is 7.82. The van der Waals surface area contributed by atoms with Gasteiger partial charge in [0.05, 0.1) is 14.0 Å². The van der Waals surface area contributed by atoms with Gasteiger partial charge in [0.2, 0.25) is 0 Å². The summed E-state index contributed by atoms with van der Waals surface area (Å²) in [4.78, 5) is 0. The first-order valence-corrected chi connectivity index (χ1v) is 8.41. The van der Waals surface area contributed by atoms with E-state index in [1.165, 1.54) is 11.3 Å². The maximum atomic E-state index is 6.47. The number of thiophene rings is 1. The van der Waals surface area contributed by atoms with Crippen LogP contribution in [-0.2, 0) is 0 Å². The first-order valence-electron chi connectivity index (χ1n) is 4.53. The second-order valence-electron chi connectivity index (χ2n) is 3.31. The molecule has 2 rings (SSSR count). The van der Waals surface area contributed by atoms with Gasteiger partial charge in [0.15, 0.2) is 0 Å². The number of hydrogen-bond donors (Lipinski definition) is 0. The number of alkyl halides is 1. The molecule has 0 spiro atoms. The Balaban J connectivity index is 2.46. The van der Waals surface area contributed by atoms with Gasteiger partial charge in [-0.15, -0.1) is 22.9 Å². The third-order valence-corrected chi connectivity index (χ3v) is 5.65. The predicted octanol–water partition coefficient (Wildman–Crippen LogP) is 6.75. The molecule has 1 atom stereocenters. The summed E-state index contributed by atoms with van der Waals surface area (Å²) in [5.74, 6) is 0. The molecule has 17 heavy (non-hydrogen) atoms. The molecule has 1 aromatic heterocycles. The summed E-state index contributed by atoms with van der Waals surface area (Å²) >= 11 is 25.6. The first kappa shape index (κ1) is 14.4. The minimum Gasteiger partial charge on any atom is -0.112 e. The molecule has 1 aromatic carbocycles. The van der Waals surface area contributed by atoms with Gasteiger partial charge < -0.3 is 0 Å². The van der Waals surface area contributed by atoms with Crippen LogP contribution in [0.25, 0.3) is 0 Å². The van der Waals surface area contributed by atoms with Gasteiger partial charge in [0.25, 0.3) is 0 Å². The molecule has 0 saturated heterocycles. The fraction of sp³-hybridized carbons (Fsp3) is 0.0909. The lowest BCUT2D eigenvalue weighted by Crippen LogP contribution is -1.95. The van der Waals surface area contributed by atoms with Crippen molar-refractivity contribution in [3.05, 3.63) is 52.1 Å². The van der Waals surface area contributed by atoms with Crippen molar-refractivity contribution < 1.29 is 0 Å². The molecule has 0 aliphatic carbocycles. The molecule has 0 fully saturated rings. The highest BCUT2D eigenvalue weighted by Crippen LogP contribution is 2.42. The van der Waals surface area contributed by atoms with Crippen molar-refractivity contribution in [2.24, 2.45) is 0 Å². The van der Waals surface area contributed by atoms with Crippen LogP contribution in [-0.4, -0.2) is 0 Å². The molecule has 1 heterocycles. The molecular weight excluding hydrogens is 477 g/mol. The third-order valence-electron chi connectivity index (χ3n) is 2.19. The Kier molecular flexibility index (Phi) is 5.06. The van der Waals surface area contributed by atoms with Gasteiger partial charge in [-0.2, -0.15) is 0 Å². The summed E-state index contributed by atoms with van der Waals surface area (Å²) in [7, 11) is 0. The van der Waals surface area contributed by atoms with Crippen LogP contribution in [0, 0.1) is 3.57 Å². The lowest BCUT2D eigenvalue weighted by atomic mass is 10.1. The lowest BCUT2D eigenvalue weighted by Gasteiger charge is -2.11. The summed E-state index contributed by atoms with van der Waals surface area (Å²) in [5, 5.41) is -0.282. The monoisotopic (exact) mass is 480 g/mol. The van der Waals surface area contributed by atoms with Crippen molar-refractivity contribution in [2.45, 2.75) is 5.38 Å². The molecule has 1 unspecified atom stereocenters. The summed E-state index contributed by atoms with van der Waals surface area (Å²) < 4.78 is 3.40. The number of hydrogen-bond acceptors (Lipinski definition) is 1. The molecular formula is C11H5BrCl3IS. The van der Waals surface area contributed by atoms with Crippen LogP contribution in [0.5, 0.6) is 0 Å². The first-order chi connectivity index (χ1) is 7.99. The second-order valence-corrected chi connectivity index (χ2v) is 8.11. The van der Waals surface area contributed by atoms with Crippen molar-refractivity contribution in [1.82, 2.24) is 0 Å². The number of halogens is 5. The third kappa shape index (κ3) is 3.31. The molecule has 6 heteroatoms. The molecule has 0 bridgehead atoms. The molecule has 0 amide bonds. The van der Waals surface area contributed by atoms with Gasteiger partial charge >= 0.3 is 0 Å². The lowest BCUT2D eigenvalue weighted by molar-refractivity contribution is 1.14. The van der Waals surface area contributed by atoms with Gasteiger partial charge in [-0.05, 0) is 52.4 Å². The van der Waals surface area contributed by atoms with Crippen LogP contribution < -0.4 is 0 Å². The topological polar surface area (TPSA) is 0 Å². The fourth-order valence-electron chi connectivity index (χ4n) is 1.40. The molecule has 90 valence electrons. The van der Waals surface area contributed by atoms with E-state index in [-0.39, 0.29) is 5.38 Å². The van der Waals surface area contributed by atoms with Gasteiger partial charge in [-0.1, -0.05) is 39.1 Å². The van der Waals surface area contributed by atoms with Crippen molar-refractivity contribution in [3.63, 3.8) is 0 Å². The second kappa shape index (κ2) is 5.97. The summed E-state index contributed by atoms with van der Waals surface area (Å²) in [6.07, 6.45) is 0. The summed E-state index contributed by atoms with van der Waals surface area (Å²) in [6.45, 7) is 0. The van der Waals surface area contributed by atoms with Gasteiger partial charge in [0, 0.05) is 13.6 Å². The molecule has 2 aromatic rings. The van der Waals surface area contributed by atoms with Crippen LogP contribution >= 0.6 is 84.7 Å². The van der Waals surface area contributed by atoms with Crippen LogP contribution in [0.1, 0.15) is 16.5 Å². The van der Waals surface area contributed by atoms with E-state index < -0.39 is 0 Å². The maximum absolute atomic E-state index is 6.47. The Hall–Kier alpha value is 1.000. The minimum absolute atomic E-state index is 0.282. The van der Waals surface area contributed by atoms with Crippen LogP contribution in [0.15, 0.2) is 28.7 Å². The Morgan fingerprint density at radius 3 is 2.47 bits per heavy atom. The van der Waals surface area contributed by atoms with E-state index in [1.807, 2.05) is 24.3 Å². The Morgan fingerprint density at radius 1 is 1.18 bits per heavy atom. The van der Waals surface area contributed by atoms with Gasteiger partial charge in [-0.3, -0.25) is 0 Å². The van der Waals surface area contributed by atoms with Gasteiger partial charge in [0.1, 0.15) is 0 Å². The SMILES string of the molecule is Clc1cc(C(Cl)c2cc(Br)ccc2I)c(Cl)s1. The highest BCUT2D eigenvalue weighted by Gasteiger charge is 2.19. The largest absolute Gasteiger partial charge is 0.112 e. The number of rotatable bonds is 2. The highest BCUT2D eigenvalue weighted by molar-refractivity contribution is 14.1. The van der Waals surface area contributed by atoms with Crippen LogP contribution in [0.2, 0.25) is 8.67 Å². The molecule has 0 aliphatic rings. The molecule has 0 N–H and O–H groups in total. The smallest absolute Gasteiger partial charge is 0.0994 e. The zero-order chi connectivity index (χ0) is 12.6. The Bertz CT molecular complexity index is 556. The predicted molar refractivity (Wildman–Crippen MR) is 88.9 cm³/mol. The van der Waals surface area contributed by atoms with E-state index in [4.69, 9.17) is 34.8 Å². The Morgan fingerprint density at radius 2 is 1.88 bits per heavy atom. The average molecular weight is 482 g/mol. The zero-order valence-corrected chi connectivity index (χ0v) is 15.0. The minimum atomic E-state index is -0.282. The summed E-state index contributed by atoms with van der Waals surface area (Å²) in [5.41, 5.74) is 1.89. The molecule has 0 nitrogen and oxygen atoms in total. The van der Waals surface area contributed by atoms with Crippen LogP contribution in [0.3, 0.4) is 0 Å². The molecule has 0 saturated carbocycles. The van der Waals surface area contributed by atoms with E-state index in [9.17, 15) is 0 Å². The standard InChI is InChI=1S/C11H5BrCl3IS/c12-5-1-2-8(16)6(3-5)10(14)7-4-9(13)17-11(7)15/h1-4,10H. The molecule has 0 radical (unpaired) electrons.